The number of hydrogen-bond donors (Lipinski definition) is 3. The van der Waals surface area contributed by atoms with E-state index in [2.05, 4.69) is 20.4 Å². The van der Waals surface area contributed by atoms with E-state index in [-0.39, 0.29) is 35.5 Å². The lowest BCUT2D eigenvalue weighted by molar-refractivity contribution is -0.126. The number of nitrogens with zero attached hydrogens (tertiary/aromatic N) is 2. The Morgan fingerprint density at radius 1 is 1.11 bits per heavy atom. The highest BCUT2D eigenvalue weighted by Crippen LogP contribution is 2.28. The summed E-state index contributed by atoms with van der Waals surface area (Å²) in [6.07, 6.45) is 1.91. The van der Waals surface area contributed by atoms with Gasteiger partial charge in [-0.25, -0.2) is 4.79 Å². The van der Waals surface area contributed by atoms with Gasteiger partial charge in [0.15, 0.2) is 0 Å². The van der Waals surface area contributed by atoms with Crippen LogP contribution in [-0.4, -0.2) is 78.1 Å². The van der Waals surface area contributed by atoms with Gasteiger partial charge in [-0.1, -0.05) is 24.3 Å². The molecule has 0 bridgehead atoms. The summed E-state index contributed by atoms with van der Waals surface area (Å²) < 4.78 is 5.16. The normalized spacial score (nSPS) is 22.4. The fourth-order valence-electron chi connectivity index (χ4n) is 5.14. The number of benzene rings is 2. The summed E-state index contributed by atoms with van der Waals surface area (Å²) in [5.74, 6) is -0.168. The van der Waals surface area contributed by atoms with Crippen LogP contribution in [0.15, 0.2) is 48.5 Å². The molecule has 36 heavy (non-hydrogen) atoms. The number of rotatable bonds is 9. The van der Waals surface area contributed by atoms with Crippen molar-refractivity contribution in [1.82, 2.24) is 20.4 Å². The first-order valence-corrected chi connectivity index (χ1v) is 12.3. The Morgan fingerprint density at radius 2 is 1.81 bits per heavy atom. The van der Waals surface area contributed by atoms with Crippen LogP contribution in [0.5, 0.6) is 5.75 Å². The number of carboxylic acid groups (broad SMARTS) is 1. The molecule has 2 heterocycles. The van der Waals surface area contributed by atoms with Crippen LogP contribution in [-0.2, 0) is 22.7 Å². The zero-order chi connectivity index (χ0) is 25.7. The van der Waals surface area contributed by atoms with Gasteiger partial charge in [0.2, 0.25) is 11.8 Å². The highest BCUT2D eigenvalue weighted by atomic mass is 16.5. The predicted octanol–water partition coefficient (Wildman–Crippen LogP) is 1.86. The molecule has 3 N–H and O–H groups in total. The van der Waals surface area contributed by atoms with Crippen LogP contribution in [0.1, 0.15) is 40.7 Å². The molecule has 9 nitrogen and oxygen atoms in total. The topological polar surface area (TPSA) is 111 Å². The fourth-order valence-corrected chi connectivity index (χ4v) is 5.14. The highest BCUT2D eigenvalue weighted by molar-refractivity contribution is 5.87. The van der Waals surface area contributed by atoms with Gasteiger partial charge in [-0.05, 0) is 55.3 Å². The van der Waals surface area contributed by atoms with Crippen molar-refractivity contribution in [2.24, 2.45) is 0 Å². The summed E-state index contributed by atoms with van der Waals surface area (Å²) in [5, 5.41) is 15.2. The Bertz CT molecular complexity index is 1070. The van der Waals surface area contributed by atoms with Gasteiger partial charge in [0.1, 0.15) is 11.8 Å². The lowest BCUT2D eigenvalue weighted by Crippen LogP contribution is -2.49. The van der Waals surface area contributed by atoms with Crippen molar-refractivity contribution in [1.29, 1.82) is 0 Å². The average molecular weight is 495 g/mol. The number of carbonyl (C=O) groups excluding carboxylic acids is 2. The minimum Gasteiger partial charge on any atom is -0.497 e. The molecule has 0 spiro atoms. The van der Waals surface area contributed by atoms with E-state index in [1.807, 2.05) is 43.4 Å². The van der Waals surface area contributed by atoms with Gasteiger partial charge in [-0.15, -0.1) is 0 Å². The van der Waals surface area contributed by atoms with Crippen molar-refractivity contribution < 1.29 is 24.2 Å². The van der Waals surface area contributed by atoms with E-state index in [4.69, 9.17) is 9.84 Å². The zero-order valence-corrected chi connectivity index (χ0v) is 20.8. The third kappa shape index (κ3) is 6.03. The first-order valence-electron chi connectivity index (χ1n) is 12.3. The SMILES string of the molecule is COc1ccc(CNC(=O)CCC2CNC(=O)C3C(CCN3Cc3ccc(C(=O)O)cc3)N2C)cc1. The van der Waals surface area contributed by atoms with E-state index < -0.39 is 5.97 Å². The average Bonchev–Trinajstić information content (AvgIpc) is 3.26. The van der Waals surface area contributed by atoms with Gasteiger partial charge >= 0.3 is 5.97 Å². The van der Waals surface area contributed by atoms with Crippen molar-refractivity contribution >= 4 is 17.8 Å². The number of nitrogens with one attached hydrogen (secondary N) is 2. The number of carbonyl (C=O) groups is 3. The minimum absolute atomic E-state index is 0.0100. The number of likely N-dealkylation sites (tertiary alicyclic amines) is 1. The molecule has 2 fully saturated rings. The maximum Gasteiger partial charge on any atom is 0.335 e. The maximum absolute atomic E-state index is 13.0. The quantitative estimate of drug-likeness (QED) is 0.488. The number of carboxylic acids is 1. The summed E-state index contributed by atoms with van der Waals surface area (Å²) in [5.41, 5.74) is 2.24. The number of amides is 2. The van der Waals surface area contributed by atoms with Crippen LogP contribution in [0.2, 0.25) is 0 Å². The standard InChI is InChI=1S/C27H34N4O5/c1-30-21(9-12-24(32)28-15-18-5-10-22(36-2)11-6-18)16-29-26(33)25-23(30)13-14-31(25)17-19-3-7-20(8-4-19)27(34)35/h3-8,10-11,21,23,25H,9,12-17H2,1-2H3,(H,28,32)(H,29,33)(H,34,35). The molecule has 3 unspecified atom stereocenters. The van der Waals surface area contributed by atoms with Crippen LogP contribution in [0.25, 0.3) is 0 Å². The van der Waals surface area contributed by atoms with Crippen molar-refractivity contribution in [2.45, 2.75) is 50.5 Å². The molecular weight excluding hydrogens is 460 g/mol. The van der Waals surface area contributed by atoms with E-state index in [1.54, 1.807) is 19.2 Å². The second-order valence-corrected chi connectivity index (χ2v) is 9.50. The Kier molecular flexibility index (Phi) is 8.22. The molecule has 9 heteroatoms. The summed E-state index contributed by atoms with van der Waals surface area (Å²) in [4.78, 5) is 41.1. The number of ether oxygens (including phenoxy) is 1. The first kappa shape index (κ1) is 25.7. The van der Waals surface area contributed by atoms with Crippen LogP contribution in [0.4, 0.5) is 0 Å². The first-order chi connectivity index (χ1) is 17.4. The van der Waals surface area contributed by atoms with Gasteiger partial charge in [0.05, 0.1) is 12.7 Å². The molecule has 0 saturated carbocycles. The summed E-state index contributed by atoms with van der Waals surface area (Å²) >= 11 is 0. The molecule has 2 aliphatic heterocycles. The van der Waals surface area contributed by atoms with Gasteiger partial charge in [-0.3, -0.25) is 19.4 Å². The van der Waals surface area contributed by atoms with Crippen LogP contribution in [0, 0.1) is 0 Å². The van der Waals surface area contributed by atoms with Gasteiger partial charge in [-0.2, -0.15) is 0 Å². The van der Waals surface area contributed by atoms with Crippen molar-refractivity contribution in [3.63, 3.8) is 0 Å². The lowest BCUT2D eigenvalue weighted by Gasteiger charge is -2.33. The summed E-state index contributed by atoms with van der Waals surface area (Å²) in [6.45, 7) is 2.34. The molecule has 0 aliphatic carbocycles. The van der Waals surface area contributed by atoms with E-state index in [1.165, 1.54) is 0 Å². The molecular formula is C27H34N4O5. The number of methoxy groups -OCH3 is 1. The second kappa shape index (κ2) is 11.5. The maximum atomic E-state index is 13.0. The molecule has 3 atom stereocenters. The zero-order valence-electron chi connectivity index (χ0n) is 20.8. The third-order valence-corrected chi connectivity index (χ3v) is 7.29. The number of aromatic carboxylic acids is 1. The minimum atomic E-state index is -0.951. The number of fused-ring (bicyclic) bond motifs is 1. The molecule has 0 radical (unpaired) electrons. The molecule has 4 rings (SSSR count). The third-order valence-electron chi connectivity index (χ3n) is 7.29. The second-order valence-electron chi connectivity index (χ2n) is 9.50. The number of likely N-dealkylation sites (N-methyl/N-ethyl adjacent to an activating group) is 1. The van der Waals surface area contributed by atoms with Crippen molar-refractivity contribution in [2.75, 3.05) is 27.2 Å². The van der Waals surface area contributed by atoms with Gasteiger partial charge < -0.3 is 20.5 Å². The Balaban J connectivity index is 1.30. The molecule has 2 aliphatic rings. The van der Waals surface area contributed by atoms with E-state index >= 15 is 0 Å². The molecule has 2 aromatic carbocycles. The molecule has 192 valence electrons. The summed E-state index contributed by atoms with van der Waals surface area (Å²) in [7, 11) is 3.67. The van der Waals surface area contributed by atoms with Crippen LogP contribution < -0.4 is 15.4 Å². The molecule has 2 saturated heterocycles. The van der Waals surface area contributed by atoms with E-state index in [9.17, 15) is 14.4 Å². The highest BCUT2D eigenvalue weighted by Gasteiger charge is 2.44. The number of hydrogen-bond acceptors (Lipinski definition) is 6. The summed E-state index contributed by atoms with van der Waals surface area (Å²) in [6, 6.07) is 14.3. The van der Waals surface area contributed by atoms with E-state index in [0.29, 0.717) is 32.5 Å². The molecule has 2 amide bonds. The van der Waals surface area contributed by atoms with Gasteiger partial charge in [0.25, 0.3) is 0 Å². The largest absolute Gasteiger partial charge is 0.497 e. The lowest BCUT2D eigenvalue weighted by atomic mass is 10.0. The Hall–Kier alpha value is -3.43. The fraction of sp³-hybridized carbons (Fsp3) is 0.444. The van der Waals surface area contributed by atoms with Crippen molar-refractivity contribution in [3.05, 3.63) is 65.2 Å². The van der Waals surface area contributed by atoms with E-state index in [0.717, 1.165) is 29.8 Å². The smallest absolute Gasteiger partial charge is 0.335 e. The predicted molar refractivity (Wildman–Crippen MR) is 135 cm³/mol. The van der Waals surface area contributed by atoms with Crippen LogP contribution >= 0.6 is 0 Å². The molecule has 0 aromatic heterocycles. The molecule has 2 aromatic rings. The monoisotopic (exact) mass is 494 g/mol. The van der Waals surface area contributed by atoms with Gasteiger partial charge in [0, 0.05) is 44.7 Å². The Morgan fingerprint density at radius 3 is 2.47 bits per heavy atom. The Labute approximate surface area is 211 Å². The van der Waals surface area contributed by atoms with Crippen molar-refractivity contribution in [3.8, 4) is 5.75 Å². The van der Waals surface area contributed by atoms with Crippen LogP contribution in [0.3, 0.4) is 0 Å².